The van der Waals surface area contributed by atoms with Crippen LogP contribution in [0.4, 0.5) is 0 Å². The van der Waals surface area contributed by atoms with E-state index < -0.39 is 0 Å². The molecule has 100 valence electrons. The average Bonchev–Trinajstić information content (AvgIpc) is 2.93. The van der Waals surface area contributed by atoms with E-state index in [-0.39, 0.29) is 24.4 Å². The van der Waals surface area contributed by atoms with Crippen molar-refractivity contribution >= 4 is 5.91 Å². The molecule has 1 aromatic carbocycles. The van der Waals surface area contributed by atoms with Crippen LogP contribution in [-0.4, -0.2) is 5.91 Å². The van der Waals surface area contributed by atoms with Crippen LogP contribution < -0.4 is 11.1 Å². The van der Waals surface area contributed by atoms with E-state index in [2.05, 4.69) is 5.32 Å². The van der Waals surface area contributed by atoms with Crippen molar-refractivity contribution in [1.82, 2.24) is 5.32 Å². The van der Waals surface area contributed by atoms with Crippen molar-refractivity contribution in [2.45, 2.75) is 25.4 Å². The molecule has 0 saturated carbocycles. The lowest BCUT2D eigenvalue weighted by atomic mass is 10.0. The summed E-state index contributed by atoms with van der Waals surface area (Å²) in [5.74, 6) is 0.655. The van der Waals surface area contributed by atoms with Crippen molar-refractivity contribution < 1.29 is 9.21 Å². The van der Waals surface area contributed by atoms with Crippen LogP contribution in [0.15, 0.2) is 53.1 Å². The summed E-state index contributed by atoms with van der Waals surface area (Å²) in [7, 11) is 0. The second-order valence-corrected chi connectivity index (χ2v) is 4.53. The second-order valence-electron chi connectivity index (χ2n) is 4.53. The number of hydrogen-bond acceptors (Lipinski definition) is 3. The van der Waals surface area contributed by atoms with Crippen molar-refractivity contribution in [2.75, 3.05) is 0 Å². The number of carbonyl (C=O) groups is 1. The Morgan fingerprint density at radius 3 is 2.63 bits per heavy atom. The lowest BCUT2D eigenvalue weighted by molar-refractivity contribution is -0.122. The third-order valence-corrected chi connectivity index (χ3v) is 2.98. The topological polar surface area (TPSA) is 68.3 Å². The maximum absolute atomic E-state index is 11.9. The fraction of sp³-hybridized carbons (Fsp3) is 0.267. The Morgan fingerprint density at radius 1 is 1.26 bits per heavy atom. The van der Waals surface area contributed by atoms with Crippen molar-refractivity contribution in [1.29, 1.82) is 0 Å². The molecule has 0 aliphatic heterocycles. The predicted molar refractivity (Wildman–Crippen MR) is 73.3 cm³/mol. The molecule has 0 spiro atoms. The Balaban J connectivity index is 1.88. The summed E-state index contributed by atoms with van der Waals surface area (Å²) in [6.07, 6.45) is 1.85. The number of furan rings is 1. The SMILES string of the molecule is C[C@@H](NC(=O)CC(N)c1ccccc1)c1ccco1. The standard InChI is InChI=1S/C15H18N2O2/c1-11(14-8-5-9-19-14)17-15(18)10-13(16)12-6-3-2-4-7-12/h2-9,11,13H,10,16H2,1H3,(H,17,18)/t11-,13?/m1/s1. The predicted octanol–water partition coefficient (Wildman–Crippen LogP) is 2.55. The van der Waals surface area contributed by atoms with E-state index in [0.29, 0.717) is 0 Å². The number of benzene rings is 1. The van der Waals surface area contributed by atoms with Crippen molar-refractivity contribution in [3.8, 4) is 0 Å². The van der Waals surface area contributed by atoms with Crippen LogP contribution in [0.5, 0.6) is 0 Å². The van der Waals surface area contributed by atoms with Crippen LogP contribution in [0.2, 0.25) is 0 Å². The van der Waals surface area contributed by atoms with E-state index in [1.165, 1.54) is 0 Å². The fourth-order valence-corrected chi connectivity index (χ4v) is 1.93. The molecule has 4 nitrogen and oxygen atoms in total. The quantitative estimate of drug-likeness (QED) is 0.866. The van der Waals surface area contributed by atoms with Gasteiger partial charge in [-0.25, -0.2) is 0 Å². The first-order valence-electron chi connectivity index (χ1n) is 6.30. The smallest absolute Gasteiger partial charge is 0.222 e. The van der Waals surface area contributed by atoms with Crippen molar-refractivity contribution in [2.24, 2.45) is 5.73 Å². The number of amides is 1. The normalized spacial score (nSPS) is 13.8. The Kier molecular flexibility index (Phi) is 4.36. The lowest BCUT2D eigenvalue weighted by Gasteiger charge is -2.15. The van der Waals surface area contributed by atoms with Gasteiger partial charge in [0.15, 0.2) is 0 Å². The molecule has 2 rings (SSSR count). The number of carbonyl (C=O) groups excluding carboxylic acids is 1. The third kappa shape index (κ3) is 3.69. The molecule has 19 heavy (non-hydrogen) atoms. The zero-order valence-electron chi connectivity index (χ0n) is 10.9. The molecule has 0 radical (unpaired) electrons. The van der Waals surface area contributed by atoms with Crippen LogP contribution >= 0.6 is 0 Å². The largest absolute Gasteiger partial charge is 0.467 e. The van der Waals surface area contributed by atoms with Gasteiger partial charge in [0.1, 0.15) is 5.76 Å². The van der Waals surface area contributed by atoms with Gasteiger partial charge in [0, 0.05) is 12.5 Å². The number of rotatable bonds is 5. The average molecular weight is 258 g/mol. The van der Waals surface area contributed by atoms with Crippen LogP contribution in [-0.2, 0) is 4.79 Å². The molecule has 4 heteroatoms. The second kappa shape index (κ2) is 6.20. The first-order chi connectivity index (χ1) is 9.16. The van der Waals surface area contributed by atoms with Gasteiger partial charge >= 0.3 is 0 Å². The number of nitrogens with one attached hydrogen (secondary N) is 1. The maximum atomic E-state index is 11.9. The molecular formula is C15H18N2O2. The van der Waals surface area contributed by atoms with Gasteiger partial charge in [-0.15, -0.1) is 0 Å². The highest BCUT2D eigenvalue weighted by molar-refractivity contribution is 5.77. The lowest BCUT2D eigenvalue weighted by Crippen LogP contribution is -2.29. The number of hydrogen-bond donors (Lipinski definition) is 2. The molecule has 2 aromatic rings. The molecular weight excluding hydrogens is 240 g/mol. The molecule has 0 saturated heterocycles. The monoisotopic (exact) mass is 258 g/mol. The minimum absolute atomic E-state index is 0.0831. The minimum Gasteiger partial charge on any atom is -0.467 e. The summed E-state index contributed by atoms with van der Waals surface area (Å²) in [5.41, 5.74) is 6.97. The highest BCUT2D eigenvalue weighted by Gasteiger charge is 2.15. The highest BCUT2D eigenvalue weighted by Crippen LogP contribution is 2.16. The van der Waals surface area contributed by atoms with Crippen LogP contribution in [0.1, 0.15) is 36.8 Å². The van der Waals surface area contributed by atoms with E-state index in [9.17, 15) is 4.79 Å². The van der Waals surface area contributed by atoms with E-state index in [0.717, 1.165) is 11.3 Å². The highest BCUT2D eigenvalue weighted by atomic mass is 16.3. The summed E-state index contributed by atoms with van der Waals surface area (Å²) in [6, 6.07) is 12.8. The molecule has 1 amide bonds. The van der Waals surface area contributed by atoms with E-state index in [1.54, 1.807) is 12.3 Å². The molecule has 0 fully saturated rings. The fourth-order valence-electron chi connectivity index (χ4n) is 1.93. The molecule has 1 aromatic heterocycles. The summed E-state index contributed by atoms with van der Waals surface area (Å²) in [5, 5.41) is 2.87. The summed E-state index contributed by atoms with van der Waals surface area (Å²) in [6.45, 7) is 1.88. The summed E-state index contributed by atoms with van der Waals surface area (Å²) < 4.78 is 5.24. The third-order valence-electron chi connectivity index (χ3n) is 2.98. The van der Waals surface area contributed by atoms with Gasteiger partial charge in [0.25, 0.3) is 0 Å². The first-order valence-corrected chi connectivity index (χ1v) is 6.30. The van der Waals surface area contributed by atoms with E-state index >= 15 is 0 Å². The van der Waals surface area contributed by atoms with Gasteiger partial charge in [0.05, 0.1) is 12.3 Å². The van der Waals surface area contributed by atoms with Gasteiger partial charge in [-0.3, -0.25) is 4.79 Å². The first kappa shape index (κ1) is 13.4. The van der Waals surface area contributed by atoms with Crippen LogP contribution in [0.25, 0.3) is 0 Å². The Bertz CT molecular complexity index is 508. The zero-order chi connectivity index (χ0) is 13.7. The minimum atomic E-state index is -0.287. The summed E-state index contributed by atoms with van der Waals surface area (Å²) >= 11 is 0. The van der Waals surface area contributed by atoms with Crippen LogP contribution in [0.3, 0.4) is 0 Å². The molecule has 0 aliphatic carbocycles. The molecule has 1 unspecified atom stereocenters. The maximum Gasteiger partial charge on any atom is 0.222 e. The molecule has 3 N–H and O–H groups in total. The molecule has 1 heterocycles. The van der Waals surface area contributed by atoms with Crippen LogP contribution in [0, 0.1) is 0 Å². The number of nitrogens with two attached hydrogens (primary N) is 1. The Labute approximate surface area is 112 Å². The molecule has 0 bridgehead atoms. The Morgan fingerprint density at radius 2 is 2.00 bits per heavy atom. The van der Waals surface area contributed by atoms with E-state index in [1.807, 2.05) is 43.3 Å². The van der Waals surface area contributed by atoms with Gasteiger partial charge in [-0.1, -0.05) is 30.3 Å². The zero-order valence-corrected chi connectivity index (χ0v) is 10.9. The molecule has 0 aliphatic rings. The van der Waals surface area contributed by atoms with Gasteiger partial charge in [0.2, 0.25) is 5.91 Å². The van der Waals surface area contributed by atoms with E-state index in [4.69, 9.17) is 10.2 Å². The summed E-state index contributed by atoms with van der Waals surface area (Å²) in [4.78, 5) is 11.9. The molecule has 2 atom stereocenters. The van der Waals surface area contributed by atoms with Crippen molar-refractivity contribution in [3.05, 3.63) is 60.1 Å². The van der Waals surface area contributed by atoms with Gasteiger partial charge < -0.3 is 15.5 Å². The van der Waals surface area contributed by atoms with Gasteiger partial charge in [-0.2, -0.15) is 0 Å². The van der Waals surface area contributed by atoms with Gasteiger partial charge in [-0.05, 0) is 24.6 Å². The van der Waals surface area contributed by atoms with Crippen molar-refractivity contribution in [3.63, 3.8) is 0 Å². The Hall–Kier alpha value is -2.07.